The third-order valence-electron chi connectivity index (χ3n) is 7.62. The van der Waals surface area contributed by atoms with E-state index >= 15 is 0 Å². The summed E-state index contributed by atoms with van der Waals surface area (Å²) in [6, 6.07) is 5.95. The maximum Gasteiger partial charge on any atom is 0.313 e. The van der Waals surface area contributed by atoms with Crippen LogP contribution in [0, 0.1) is 11.8 Å². The SMILES string of the molecule is CC[C@@]12/C=C\CCCOC(=O)[C@@H]1[C@H]1C(=O)N(CCO)C3C(=O)N(c4ccccc4Cl)CC=C[C@@]31O2. The zero-order valence-corrected chi connectivity index (χ0v) is 20.3. The Bertz CT molecular complexity index is 1110. The minimum atomic E-state index is -1.39. The molecule has 2 amide bonds. The van der Waals surface area contributed by atoms with Gasteiger partial charge in [0.25, 0.3) is 5.91 Å². The van der Waals surface area contributed by atoms with Gasteiger partial charge in [0.15, 0.2) is 0 Å². The van der Waals surface area contributed by atoms with Crippen LogP contribution in [0.5, 0.6) is 0 Å². The first-order valence-electron chi connectivity index (χ1n) is 12.1. The number of hydrogen-bond donors (Lipinski definition) is 1. The normalized spacial score (nSPS) is 35.4. The van der Waals surface area contributed by atoms with E-state index in [9.17, 15) is 19.5 Å². The summed E-state index contributed by atoms with van der Waals surface area (Å²) in [5.41, 5.74) is -1.95. The number of hydrogen-bond acceptors (Lipinski definition) is 6. The number of likely N-dealkylation sites (tertiary alicyclic amines) is 1. The molecule has 0 bridgehead atoms. The van der Waals surface area contributed by atoms with Crippen LogP contribution in [0.25, 0.3) is 0 Å². The van der Waals surface area contributed by atoms with Crippen molar-refractivity contribution in [3.05, 3.63) is 53.6 Å². The molecule has 2 fully saturated rings. The van der Waals surface area contributed by atoms with Crippen LogP contribution in [0.1, 0.15) is 26.2 Å². The van der Waals surface area contributed by atoms with Gasteiger partial charge in [-0.15, -0.1) is 0 Å². The fraction of sp³-hybridized carbons (Fsp3) is 0.500. The molecule has 1 aromatic rings. The van der Waals surface area contributed by atoms with Crippen LogP contribution in [-0.2, 0) is 23.9 Å². The number of aliphatic hydroxyl groups is 1. The summed E-state index contributed by atoms with van der Waals surface area (Å²) >= 11 is 6.43. The first-order valence-corrected chi connectivity index (χ1v) is 12.5. The smallest absolute Gasteiger partial charge is 0.313 e. The number of β-amino-alcohol motifs (C(OH)–C–C–N with tert-alkyl or cyclic N) is 1. The van der Waals surface area contributed by atoms with Gasteiger partial charge in [0.05, 0.1) is 29.8 Å². The number of esters is 1. The second-order valence-corrected chi connectivity index (χ2v) is 9.80. The van der Waals surface area contributed by atoms with Crippen LogP contribution in [0.4, 0.5) is 5.69 Å². The van der Waals surface area contributed by atoms with E-state index in [-0.39, 0.29) is 32.2 Å². The van der Waals surface area contributed by atoms with E-state index in [0.29, 0.717) is 30.0 Å². The van der Waals surface area contributed by atoms with Gasteiger partial charge >= 0.3 is 5.97 Å². The molecular weight excluding hydrogens is 472 g/mol. The third kappa shape index (κ3) is 3.53. The largest absolute Gasteiger partial charge is 0.465 e. The van der Waals surface area contributed by atoms with Crippen molar-refractivity contribution in [3.8, 4) is 0 Å². The standard InChI is InChI=1S/C26H29ClN2O6/c1-2-25-11-6-3-7-16-34-24(33)20(25)19-22(31)29(14-15-30)21-23(32)28(13-8-12-26(19,21)35-25)18-10-5-4-9-17(18)27/h4-6,8-12,19-21,30H,2-3,7,13-16H2,1H3/b11-6-/t19-,20-,21?,25+,26-/m0/s1. The lowest BCUT2D eigenvalue weighted by Gasteiger charge is -2.38. The highest BCUT2D eigenvalue weighted by Gasteiger charge is 2.75. The molecule has 5 rings (SSSR count). The van der Waals surface area contributed by atoms with E-state index < -0.39 is 41.0 Å². The Morgan fingerprint density at radius 2 is 1.91 bits per heavy atom. The maximum absolute atomic E-state index is 14.2. The predicted molar refractivity (Wildman–Crippen MR) is 129 cm³/mol. The monoisotopic (exact) mass is 500 g/mol. The van der Waals surface area contributed by atoms with Crippen molar-refractivity contribution in [1.82, 2.24) is 4.90 Å². The average molecular weight is 501 g/mol. The molecule has 1 aromatic carbocycles. The summed E-state index contributed by atoms with van der Waals surface area (Å²) in [7, 11) is 0. The molecule has 2 saturated heterocycles. The molecule has 4 heterocycles. The van der Waals surface area contributed by atoms with Crippen molar-refractivity contribution in [2.45, 2.75) is 43.4 Å². The van der Waals surface area contributed by atoms with Gasteiger partial charge in [0.2, 0.25) is 5.91 Å². The van der Waals surface area contributed by atoms with Gasteiger partial charge < -0.3 is 24.4 Å². The van der Waals surface area contributed by atoms with Gasteiger partial charge in [-0.1, -0.05) is 55.0 Å². The van der Waals surface area contributed by atoms with Gasteiger partial charge in [0.1, 0.15) is 23.2 Å². The summed E-state index contributed by atoms with van der Waals surface area (Å²) in [6.07, 6.45) is 9.25. The van der Waals surface area contributed by atoms with Crippen molar-refractivity contribution >= 4 is 35.1 Å². The molecule has 4 aliphatic rings. The number of carbonyl (C=O) groups is 3. The van der Waals surface area contributed by atoms with E-state index in [4.69, 9.17) is 21.1 Å². The Morgan fingerprint density at radius 1 is 1.11 bits per heavy atom. The van der Waals surface area contributed by atoms with Crippen LogP contribution in [0.2, 0.25) is 5.02 Å². The lowest BCUT2D eigenvalue weighted by Crippen LogP contribution is -2.56. The van der Waals surface area contributed by atoms with Gasteiger partial charge in [-0.2, -0.15) is 0 Å². The number of anilines is 1. The number of ether oxygens (including phenoxy) is 2. The second-order valence-electron chi connectivity index (χ2n) is 9.39. The van der Waals surface area contributed by atoms with Crippen LogP contribution in [-0.4, -0.2) is 71.3 Å². The maximum atomic E-state index is 14.2. The van der Waals surface area contributed by atoms with Crippen LogP contribution < -0.4 is 4.90 Å². The van der Waals surface area contributed by atoms with E-state index in [1.165, 1.54) is 9.80 Å². The molecule has 0 aliphatic carbocycles. The summed E-state index contributed by atoms with van der Waals surface area (Å²) < 4.78 is 12.4. The first kappa shape index (κ1) is 24.0. The topological polar surface area (TPSA) is 96.4 Å². The highest BCUT2D eigenvalue weighted by atomic mass is 35.5. The molecule has 9 heteroatoms. The van der Waals surface area contributed by atoms with E-state index in [0.717, 1.165) is 0 Å². The van der Waals surface area contributed by atoms with Gasteiger partial charge in [0, 0.05) is 13.1 Å². The number of aliphatic hydroxyl groups excluding tert-OH is 1. The molecular formula is C26H29ClN2O6. The highest BCUT2D eigenvalue weighted by Crippen LogP contribution is 2.58. The minimum Gasteiger partial charge on any atom is -0.465 e. The number of rotatable bonds is 4. The van der Waals surface area contributed by atoms with Gasteiger partial charge in [-0.05, 0) is 31.4 Å². The number of amides is 2. The molecule has 1 N–H and O–H groups in total. The number of fused-ring (bicyclic) bond motifs is 2. The van der Waals surface area contributed by atoms with Gasteiger partial charge in [-0.25, -0.2) is 0 Å². The van der Waals surface area contributed by atoms with Crippen molar-refractivity contribution in [2.75, 3.05) is 31.2 Å². The number of benzene rings is 1. The third-order valence-corrected chi connectivity index (χ3v) is 7.94. The Labute approximate surface area is 209 Å². The number of nitrogens with zero attached hydrogens (tertiary/aromatic N) is 2. The number of halogens is 1. The Kier molecular flexibility index (Phi) is 6.23. The number of carbonyl (C=O) groups excluding carboxylic acids is 3. The average Bonchev–Trinajstić information content (AvgIpc) is 3.22. The molecule has 35 heavy (non-hydrogen) atoms. The molecule has 1 unspecified atom stereocenters. The van der Waals surface area contributed by atoms with Crippen molar-refractivity contribution in [1.29, 1.82) is 0 Å². The molecule has 0 saturated carbocycles. The Balaban J connectivity index is 1.67. The van der Waals surface area contributed by atoms with Crippen LogP contribution >= 0.6 is 11.6 Å². The van der Waals surface area contributed by atoms with E-state index in [2.05, 4.69) is 0 Å². The number of para-hydroxylation sites is 1. The lowest BCUT2D eigenvalue weighted by molar-refractivity contribution is -0.159. The number of cyclic esters (lactones) is 1. The molecule has 5 atom stereocenters. The zero-order valence-electron chi connectivity index (χ0n) is 19.6. The molecule has 186 valence electrons. The summed E-state index contributed by atoms with van der Waals surface area (Å²) in [4.78, 5) is 44.4. The molecule has 4 aliphatic heterocycles. The van der Waals surface area contributed by atoms with Crippen LogP contribution in [0.3, 0.4) is 0 Å². The van der Waals surface area contributed by atoms with E-state index in [1.807, 2.05) is 19.1 Å². The van der Waals surface area contributed by atoms with Crippen molar-refractivity contribution < 1.29 is 29.0 Å². The van der Waals surface area contributed by atoms with Crippen LogP contribution in [0.15, 0.2) is 48.6 Å². The van der Waals surface area contributed by atoms with Crippen molar-refractivity contribution in [2.24, 2.45) is 11.8 Å². The second kappa shape index (κ2) is 9.08. The van der Waals surface area contributed by atoms with E-state index in [1.54, 1.807) is 36.4 Å². The molecule has 0 aromatic heterocycles. The quantitative estimate of drug-likeness (QED) is 0.504. The Hall–Kier alpha value is -2.68. The lowest BCUT2D eigenvalue weighted by atomic mass is 9.73. The van der Waals surface area contributed by atoms with Crippen molar-refractivity contribution in [3.63, 3.8) is 0 Å². The highest BCUT2D eigenvalue weighted by molar-refractivity contribution is 6.34. The molecule has 8 nitrogen and oxygen atoms in total. The Morgan fingerprint density at radius 3 is 2.66 bits per heavy atom. The van der Waals surface area contributed by atoms with Gasteiger partial charge in [-0.3, -0.25) is 14.4 Å². The molecule has 1 spiro atoms. The summed E-state index contributed by atoms with van der Waals surface area (Å²) in [5, 5.41) is 10.2. The summed E-state index contributed by atoms with van der Waals surface area (Å²) in [6.45, 7) is 2.00. The predicted octanol–water partition coefficient (Wildman–Crippen LogP) is 2.49. The summed E-state index contributed by atoms with van der Waals surface area (Å²) in [5.74, 6) is -3.13. The minimum absolute atomic E-state index is 0.0578. The number of allylic oxidation sites excluding steroid dienone is 1. The zero-order chi connectivity index (χ0) is 24.8. The first-order chi connectivity index (χ1) is 16.9. The fourth-order valence-corrected chi connectivity index (χ4v) is 6.35. The fourth-order valence-electron chi connectivity index (χ4n) is 6.11. The molecule has 0 radical (unpaired) electrons.